The Balaban J connectivity index is 1.77. The van der Waals surface area contributed by atoms with Gasteiger partial charge in [-0.1, -0.05) is 28.1 Å². The number of anilines is 1. The van der Waals surface area contributed by atoms with Crippen molar-refractivity contribution < 1.29 is 14.3 Å². The molecule has 4 nitrogen and oxygen atoms in total. The number of amides is 1. The van der Waals surface area contributed by atoms with E-state index in [1.165, 1.54) is 0 Å². The zero-order chi connectivity index (χ0) is 16.0. The van der Waals surface area contributed by atoms with Crippen molar-refractivity contribution in [2.75, 3.05) is 17.4 Å². The monoisotopic (exact) mass is 391 g/mol. The van der Waals surface area contributed by atoms with Crippen molar-refractivity contribution in [1.29, 1.82) is 0 Å². The number of fused-ring (bicyclic) bond motifs is 1. The lowest BCUT2D eigenvalue weighted by molar-refractivity contribution is -0.115. The van der Waals surface area contributed by atoms with Gasteiger partial charge in [-0.05, 0) is 36.8 Å². The third kappa shape index (κ3) is 2.60. The van der Waals surface area contributed by atoms with Gasteiger partial charge in [0, 0.05) is 15.7 Å². The molecule has 2 aliphatic heterocycles. The highest BCUT2D eigenvalue weighted by atomic mass is 79.9. The van der Waals surface area contributed by atoms with Gasteiger partial charge in [0.15, 0.2) is 11.5 Å². The van der Waals surface area contributed by atoms with E-state index < -0.39 is 0 Å². The average Bonchev–Trinajstić information content (AvgIpc) is 3.12. The SMILES string of the molecule is Cc1cccc(N2C(=O)CS[C@@H]2c2cc3c(cc2Br)OCO3)c1. The van der Waals surface area contributed by atoms with E-state index in [0.29, 0.717) is 5.75 Å². The number of aryl methyl sites for hydroxylation is 1. The molecule has 0 N–H and O–H groups in total. The van der Waals surface area contributed by atoms with Gasteiger partial charge in [0.2, 0.25) is 12.7 Å². The predicted molar refractivity (Wildman–Crippen MR) is 94.1 cm³/mol. The van der Waals surface area contributed by atoms with E-state index in [2.05, 4.69) is 15.9 Å². The molecule has 0 radical (unpaired) electrons. The van der Waals surface area contributed by atoms with Crippen LogP contribution in [0, 0.1) is 6.92 Å². The summed E-state index contributed by atoms with van der Waals surface area (Å²) in [5, 5.41) is -0.0758. The van der Waals surface area contributed by atoms with Crippen LogP contribution in [0.4, 0.5) is 5.69 Å². The van der Waals surface area contributed by atoms with Gasteiger partial charge < -0.3 is 9.47 Å². The Morgan fingerprint density at radius 2 is 2.00 bits per heavy atom. The van der Waals surface area contributed by atoms with Crippen LogP contribution in [0.5, 0.6) is 11.5 Å². The van der Waals surface area contributed by atoms with E-state index >= 15 is 0 Å². The number of rotatable bonds is 2. The number of thioether (sulfide) groups is 1. The molecule has 0 bridgehead atoms. The molecule has 2 heterocycles. The second-order valence-corrected chi connectivity index (χ2v) is 7.42. The highest BCUT2D eigenvalue weighted by Gasteiger charge is 2.36. The minimum absolute atomic E-state index is 0.0758. The third-order valence-electron chi connectivity index (χ3n) is 3.91. The fourth-order valence-electron chi connectivity index (χ4n) is 2.83. The quantitative estimate of drug-likeness (QED) is 0.766. The van der Waals surface area contributed by atoms with Crippen molar-refractivity contribution in [3.63, 3.8) is 0 Å². The van der Waals surface area contributed by atoms with Crippen LogP contribution in [-0.2, 0) is 4.79 Å². The zero-order valence-electron chi connectivity index (χ0n) is 12.4. The molecule has 0 saturated carbocycles. The smallest absolute Gasteiger partial charge is 0.238 e. The molecule has 23 heavy (non-hydrogen) atoms. The van der Waals surface area contributed by atoms with Crippen molar-refractivity contribution in [3.05, 3.63) is 52.0 Å². The summed E-state index contributed by atoms with van der Waals surface area (Å²) in [5.41, 5.74) is 3.08. The van der Waals surface area contributed by atoms with Crippen LogP contribution >= 0.6 is 27.7 Å². The molecule has 2 aliphatic rings. The number of hydrogen-bond donors (Lipinski definition) is 0. The average molecular weight is 392 g/mol. The molecule has 2 aromatic rings. The predicted octanol–water partition coefficient (Wildman–Crippen LogP) is 4.26. The second kappa shape index (κ2) is 5.76. The minimum atomic E-state index is -0.0758. The number of halogens is 1. The molecule has 1 fully saturated rings. The summed E-state index contributed by atoms with van der Waals surface area (Å²) in [4.78, 5) is 14.3. The van der Waals surface area contributed by atoms with Gasteiger partial charge >= 0.3 is 0 Å². The van der Waals surface area contributed by atoms with Gasteiger partial charge in [-0.15, -0.1) is 11.8 Å². The van der Waals surface area contributed by atoms with Crippen LogP contribution in [0.2, 0.25) is 0 Å². The Labute approximate surface area is 146 Å². The normalized spacial score (nSPS) is 19.5. The van der Waals surface area contributed by atoms with E-state index in [1.54, 1.807) is 11.8 Å². The van der Waals surface area contributed by atoms with Gasteiger partial charge in [-0.25, -0.2) is 0 Å². The Morgan fingerprint density at radius 3 is 2.78 bits per heavy atom. The highest BCUT2D eigenvalue weighted by molar-refractivity contribution is 9.10. The molecule has 1 amide bonds. The Kier molecular flexibility index (Phi) is 3.73. The summed E-state index contributed by atoms with van der Waals surface area (Å²) in [6, 6.07) is 11.9. The molecular formula is C17H14BrNO3S. The molecule has 0 aliphatic carbocycles. The van der Waals surface area contributed by atoms with Crippen LogP contribution in [0.3, 0.4) is 0 Å². The summed E-state index contributed by atoms with van der Waals surface area (Å²) < 4.78 is 11.8. The lowest BCUT2D eigenvalue weighted by atomic mass is 10.1. The van der Waals surface area contributed by atoms with Crippen LogP contribution < -0.4 is 14.4 Å². The number of carbonyl (C=O) groups is 1. The minimum Gasteiger partial charge on any atom is -0.454 e. The molecule has 0 unspecified atom stereocenters. The fourth-order valence-corrected chi connectivity index (χ4v) is 4.73. The van der Waals surface area contributed by atoms with Crippen molar-refractivity contribution in [2.24, 2.45) is 0 Å². The first kappa shape index (κ1) is 14.9. The first-order valence-corrected chi connectivity index (χ1v) is 9.07. The lowest BCUT2D eigenvalue weighted by Gasteiger charge is -2.25. The Hall–Kier alpha value is -1.66. The summed E-state index contributed by atoms with van der Waals surface area (Å²) in [6.45, 7) is 2.27. The highest BCUT2D eigenvalue weighted by Crippen LogP contribution is 2.47. The van der Waals surface area contributed by atoms with E-state index in [0.717, 1.165) is 32.8 Å². The Bertz CT molecular complexity index is 795. The van der Waals surface area contributed by atoms with Crippen molar-refractivity contribution in [3.8, 4) is 11.5 Å². The molecule has 118 valence electrons. The summed E-state index contributed by atoms with van der Waals surface area (Å²) in [5.74, 6) is 2.05. The molecular weight excluding hydrogens is 378 g/mol. The maximum absolute atomic E-state index is 12.4. The lowest BCUT2D eigenvalue weighted by Crippen LogP contribution is -2.28. The zero-order valence-corrected chi connectivity index (χ0v) is 14.8. The number of ether oxygens (including phenoxy) is 2. The van der Waals surface area contributed by atoms with E-state index in [4.69, 9.17) is 9.47 Å². The second-order valence-electron chi connectivity index (χ2n) is 5.49. The van der Waals surface area contributed by atoms with Gasteiger partial charge in [-0.3, -0.25) is 9.69 Å². The van der Waals surface area contributed by atoms with Crippen LogP contribution in [0.1, 0.15) is 16.5 Å². The van der Waals surface area contributed by atoms with Crippen molar-refractivity contribution in [2.45, 2.75) is 12.3 Å². The van der Waals surface area contributed by atoms with Crippen LogP contribution in [0.15, 0.2) is 40.9 Å². The molecule has 1 saturated heterocycles. The summed E-state index contributed by atoms with van der Waals surface area (Å²) >= 11 is 5.23. The first-order chi connectivity index (χ1) is 11.1. The Morgan fingerprint density at radius 1 is 1.22 bits per heavy atom. The largest absolute Gasteiger partial charge is 0.454 e. The number of hydrogen-bond acceptors (Lipinski definition) is 4. The van der Waals surface area contributed by atoms with Gasteiger partial charge in [0.05, 0.1) is 5.75 Å². The van der Waals surface area contributed by atoms with E-state index in [1.807, 2.05) is 48.2 Å². The summed E-state index contributed by atoms with van der Waals surface area (Å²) in [7, 11) is 0. The van der Waals surface area contributed by atoms with Crippen molar-refractivity contribution >= 4 is 39.3 Å². The maximum Gasteiger partial charge on any atom is 0.238 e. The first-order valence-electron chi connectivity index (χ1n) is 7.23. The topological polar surface area (TPSA) is 38.8 Å². The molecule has 0 spiro atoms. The maximum atomic E-state index is 12.4. The molecule has 1 atom stereocenters. The molecule has 4 rings (SSSR count). The van der Waals surface area contributed by atoms with E-state index in [-0.39, 0.29) is 18.1 Å². The van der Waals surface area contributed by atoms with Gasteiger partial charge in [0.25, 0.3) is 0 Å². The van der Waals surface area contributed by atoms with Crippen molar-refractivity contribution in [1.82, 2.24) is 0 Å². The fraction of sp³-hybridized carbons (Fsp3) is 0.235. The van der Waals surface area contributed by atoms with Gasteiger partial charge in [-0.2, -0.15) is 0 Å². The molecule has 2 aromatic carbocycles. The molecule has 6 heteroatoms. The number of benzene rings is 2. The van der Waals surface area contributed by atoms with E-state index in [9.17, 15) is 4.79 Å². The number of nitrogens with zero attached hydrogens (tertiary/aromatic N) is 1. The summed E-state index contributed by atoms with van der Waals surface area (Å²) in [6.07, 6.45) is 0. The number of carbonyl (C=O) groups excluding carboxylic acids is 1. The molecule has 0 aromatic heterocycles. The van der Waals surface area contributed by atoms with Crippen LogP contribution in [0.25, 0.3) is 0 Å². The van der Waals surface area contributed by atoms with Crippen LogP contribution in [-0.4, -0.2) is 18.5 Å². The third-order valence-corrected chi connectivity index (χ3v) is 5.79. The standard InChI is InChI=1S/C17H14BrNO3S/c1-10-3-2-4-11(5-10)19-16(20)8-23-17(19)12-6-14-15(7-13(12)18)22-9-21-14/h2-7,17H,8-9H2,1H3/t17-/m1/s1. The van der Waals surface area contributed by atoms with Gasteiger partial charge in [0.1, 0.15) is 5.37 Å².